The van der Waals surface area contributed by atoms with E-state index < -0.39 is 0 Å². The van der Waals surface area contributed by atoms with E-state index in [1.807, 2.05) is 30.5 Å². The van der Waals surface area contributed by atoms with Crippen LogP contribution in [0.4, 0.5) is 0 Å². The van der Waals surface area contributed by atoms with Crippen LogP contribution >= 0.6 is 0 Å². The van der Waals surface area contributed by atoms with Gasteiger partial charge in [0.05, 0.1) is 16.7 Å². The van der Waals surface area contributed by atoms with Crippen LogP contribution in [-0.4, -0.2) is 22.1 Å². The van der Waals surface area contributed by atoms with Gasteiger partial charge >= 0.3 is 0 Å². The van der Waals surface area contributed by atoms with Gasteiger partial charge in [-0.05, 0) is 43.9 Å². The minimum atomic E-state index is 0.227. The SMILES string of the molecule is CC(C)CC1(Cc2cnc3ccccc3n2)CCCN1. The number of para-hydroxylation sites is 2. The average molecular weight is 269 g/mol. The van der Waals surface area contributed by atoms with E-state index in [-0.39, 0.29) is 5.54 Å². The van der Waals surface area contributed by atoms with Crippen molar-refractivity contribution in [2.45, 2.75) is 45.1 Å². The van der Waals surface area contributed by atoms with E-state index in [2.05, 4.69) is 24.1 Å². The van der Waals surface area contributed by atoms with Gasteiger partial charge in [0.2, 0.25) is 0 Å². The molecule has 1 aliphatic heterocycles. The van der Waals surface area contributed by atoms with Gasteiger partial charge in [0.15, 0.2) is 0 Å². The van der Waals surface area contributed by atoms with Crippen LogP contribution in [-0.2, 0) is 6.42 Å². The summed E-state index contributed by atoms with van der Waals surface area (Å²) in [5.41, 5.74) is 3.32. The van der Waals surface area contributed by atoms with E-state index in [9.17, 15) is 0 Å². The zero-order valence-electron chi connectivity index (χ0n) is 12.4. The van der Waals surface area contributed by atoms with E-state index in [0.29, 0.717) is 5.92 Å². The molecule has 2 aromatic rings. The standard InChI is InChI=1S/C17H23N3/c1-13(2)10-17(8-5-9-19-17)11-14-12-18-15-6-3-4-7-16(15)20-14/h3-4,6-7,12-13,19H,5,8-11H2,1-2H3. The van der Waals surface area contributed by atoms with Crippen molar-refractivity contribution < 1.29 is 0 Å². The second kappa shape index (κ2) is 5.49. The number of nitrogens with zero attached hydrogens (tertiary/aromatic N) is 2. The first-order valence-electron chi connectivity index (χ1n) is 7.63. The normalized spacial score (nSPS) is 22.8. The molecule has 0 saturated carbocycles. The smallest absolute Gasteiger partial charge is 0.0890 e. The highest BCUT2D eigenvalue weighted by molar-refractivity contribution is 5.73. The molecule has 1 aliphatic rings. The quantitative estimate of drug-likeness (QED) is 0.925. The van der Waals surface area contributed by atoms with Crippen molar-refractivity contribution in [1.29, 1.82) is 0 Å². The third-order valence-corrected chi connectivity index (χ3v) is 4.15. The third-order valence-electron chi connectivity index (χ3n) is 4.15. The number of rotatable bonds is 4. The van der Waals surface area contributed by atoms with Crippen LogP contribution in [0.15, 0.2) is 30.5 Å². The fourth-order valence-corrected chi connectivity index (χ4v) is 3.47. The topological polar surface area (TPSA) is 37.8 Å². The monoisotopic (exact) mass is 269 g/mol. The first-order valence-corrected chi connectivity index (χ1v) is 7.63. The van der Waals surface area contributed by atoms with Gasteiger partial charge in [0.1, 0.15) is 0 Å². The minimum Gasteiger partial charge on any atom is -0.311 e. The summed E-state index contributed by atoms with van der Waals surface area (Å²) in [6, 6.07) is 8.10. The average Bonchev–Trinajstić information content (AvgIpc) is 2.86. The van der Waals surface area contributed by atoms with E-state index in [0.717, 1.165) is 29.7 Å². The fraction of sp³-hybridized carbons (Fsp3) is 0.529. The van der Waals surface area contributed by atoms with Gasteiger partial charge in [-0.2, -0.15) is 0 Å². The van der Waals surface area contributed by atoms with Crippen molar-refractivity contribution in [2.24, 2.45) is 5.92 Å². The lowest BCUT2D eigenvalue weighted by Gasteiger charge is -2.31. The number of nitrogens with one attached hydrogen (secondary N) is 1. The second-order valence-electron chi connectivity index (χ2n) is 6.44. The lowest BCUT2D eigenvalue weighted by molar-refractivity contribution is 0.299. The van der Waals surface area contributed by atoms with Crippen molar-refractivity contribution in [3.05, 3.63) is 36.2 Å². The Hall–Kier alpha value is -1.48. The minimum absolute atomic E-state index is 0.227. The predicted octanol–water partition coefficient (Wildman–Crippen LogP) is 3.34. The summed E-state index contributed by atoms with van der Waals surface area (Å²) in [6.45, 7) is 5.73. The zero-order chi connectivity index (χ0) is 14.0. The Morgan fingerprint density at radius 3 is 2.75 bits per heavy atom. The molecule has 0 amide bonds. The fourth-order valence-electron chi connectivity index (χ4n) is 3.47. The number of hydrogen-bond donors (Lipinski definition) is 1. The molecule has 20 heavy (non-hydrogen) atoms. The molecular weight excluding hydrogens is 246 g/mol. The van der Waals surface area contributed by atoms with Gasteiger partial charge < -0.3 is 5.32 Å². The molecule has 0 spiro atoms. The summed E-state index contributed by atoms with van der Waals surface area (Å²) in [5.74, 6) is 0.703. The van der Waals surface area contributed by atoms with Gasteiger partial charge in [-0.15, -0.1) is 0 Å². The Labute approximate surface area is 120 Å². The van der Waals surface area contributed by atoms with Crippen molar-refractivity contribution >= 4 is 11.0 Å². The first-order chi connectivity index (χ1) is 9.67. The lowest BCUT2D eigenvalue weighted by atomic mass is 9.83. The summed E-state index contributed by atoms with van der Waals surface area (Å²) >= 11 is 0. The zero-order valence-corrected chi connectivity index (χ0v) is 12.4. The molecule has 1 fully saturated rings. The highest BCUT2D eigenvalue weighted by Gasteiger charge is 2.34. The summed E-state index contributed by atoms with van der Waals surface area (Å²) in [5, 5.41) is 3.73. The molecule has 0 bridgehead atoms. The molecule has 1 saturated heterocycles. The van der Waals surface area contributed by atoms with Crippen LogP contribution in [0.1, 0.15) is 38.8 Å². The van der Waals surface area contributed by atoms with Gasteiger partial charge in [0, 0.05) is 18.2 Å². The number of fused-ring (bicyclic) bond motifs is 1. The van der Waals surface area contributed by atoms with Crippen molar-refractivity contribution in [1.82, 2.24) is 15.3 Å². The number of benzene rings is 1. The second-order valence-corrected chi connectivity index (χ2v) is 6.44. The first kappa shape index (κ1) is 13.5. The lowest BCUT2D eigenvalue weighted by Crippen LogP contribution is -2.43. The molecule has 106 valence electrons. The Balaban J connectivity index is 1.86. The van der Waals surface area contributed by atoms with Gasteiger partial charge in [-0.3, -0.25) is 4.98 Å². The maximum absolute atomic E-state index is 4.79. The molecule has 3 rings (SSSR count). The molecular formula is C17H23N3. The summed E-state index contributed by atoms with van der Waals surface area (Å²) in [4.78, 5) is 9.33. The molecule has 1 aromatic carbocycles. The van der Waals surface area contributed by atoms with Crippen molar-refractivity contribution in [2.75, 3.05) is 6.54 Å². The van der Waals surface area contributed by atoms with Crippen molar-refractivity contribution in [3.8, 4) is 0 Å². The van der Waals surface area contributed by atoms with Crippen LogP contribution in [0.3, 0.4) is 0 Å². The van der Waals surface area contributed by atoms with Crippen LogP contribution < -0.4 is 5.32 Å². The number of hydrogen-bond acceptors (Lipinski definition) is 3. The molecule has 0 radical (unpaired) electrons. The Kier molecular flexibility index (Phi) is 3.70. The molecule has 3 heteroatoms. The molecule has 1 unspecified atom stereocenters. The molecule has 2 heterocycles. The Morgan fingerprint density at radius 2 is 2.05 bits per heavy atom. The maximum atomic E-state index is 4.79. The van der Waals surface area contributed by atoms with Crippen LogP contribution in [0.25, 0.3) is 11.0 Å². The Morgan fingerprint density at radius 1 is 1.25 bits per heavy atom. The van der Waals surface area contributed by atoms with E-state index >= 15 is 0 Å². The van der Waals surface area contributed by atoms with E-state index in [4.69, 9.17) is 4.98 Å². The van der Waals surface area contributed by atoms with E-state index in [1.165, 1.54) is 19.3 Å². The summed E-state index contributed by atoms with van der Waals surface area (Å²) < 4.78 is 0. The van der Waals surface area contributed by atoms with Crippen LogP contribution in [0.2, 0.25) is 0 Å². The van der Waals surface area contributed by atoms with Crippen molar-refractivity contribution in [3.63, 3.8) is 0 Å². The highest BCUT2D eigenvalue weighted by atomic mass is 15.0. The van der Waals surface area contributed by atoms with Gasteiger partial charge in [-0.1, -0.05) is 26.0 Å². The predicted molar refractivity (Wildman–Crippen MR) is 82.7 cm³/mol. The Bertz CT molecular complexity index is 586. The van der Waals surface area contributed by atoms with Gasteiger partial charge in [0.25, 0.3) is 0 Å². The summed E-state index contributed by atoms with van der Waals surface area (Å²) in [6.07, 6.45) is 6.67. The molecule has 0 aliphatic carbocycles. The van der Waals surface area contributed by atoms with Crippen LogP contribution in [0.5, 0.6) is 0 Å². The molecule has 1 atom stereocenters. The molecule has 1 N–H and O–H groups in total. The molecule has 3 nitrogen and oxygen atoms in total. The largest absolute Gasteiger partial charge is 0.311 e. The van der Waals surface area contributed by atoms with Gasteiger partial charge in [-0.25, -0.2) is 4.98 Å². The highest BCUT2D eigenvalue weighted by Crippen LogP contribution is 2.30. The third kappa shape index (κ3) is 2.83. The van der Waals surface area contributed by atoms with E-state index in [1.54, 1.807) is 0 Å². The summed E-state index contributed by atoms with van der Waals surface area (Å²) in [7, 11) is 0. The number of aromatic nitrogens is 2. The van der Waals surface area contributed by atoms with Crippen LogP contribution in [0, 0.1) is 5.92 Å². The maximum Gasteiger partial charge on any atom is 0.0890 e. The molecule has 1 aromatic heterocycles.